The number of anilines is 1. The Balaban J connectivity index is 1.87. The van der Waals surface area contributed by atoms with Gasteiger partial charge in [0.25, 0.3) is 0 Å². The summed E-state index contributed by atoms with van der Waals surface area (Å²) in [6.45, 7) is 0. The number of hydrazone groups is 1. The molecule has 2 aromatic carbocycles. The molecule has 0 spiro atoms. The molecule has 0 heterocycles. The molecule has 2 rings (SSSR count). The molecule has 2 N–H and O–H groups in total. The van der Waals surface area contributed by atoms with Gasteiger partial charge in [0.15, 0.2) is 11.5 Å². The van der Waals surface area contributed by atoms with Crippen LogP contribution in [0.2, 0.25) is 0 Å². The zero-order valence-corrected chi connectivity index (χ0v) is 15.9. The van der Waals surface area contributed by atoms with Crippen LogP contribution in [0.5, 0.6) is 11.5 Å². The standard InChI is InChI=1S/C18H18BrN3O4/c1-25-15-8-7-12(9-16(15)26-2)11-20-22-18(24)10-17(23)21-14-6-4-3-5-13(14)19/h3-9,11H,10H2,1-2H3,(H,21,23)(H,22,24). The van der Waals surface area contributed by atoms with Crippen LogP contribution in [0.1, 0.15) is 12.0 Å². The summed E-state index contributed by atoms with van der Waals surface area (Å²) in [5.74, 6) is 0.190. The summed E-state index contributed by atoms with van der Waals surface area (Å²) in [6.07, 6.45) is 1.11. The number of carbonyl (C=O) groups excluding carboxylic acids is 2. The van der Waals surface area contributed by atoms with E-state index in [-0.39, 0.29) is 6.42 Å². The lowest BCUT2D eigenvalue weighted by molar-refractivity contribution is -0.126. The van der Waals surface area contributed by atoms with Crippen LogP contribution in [0.15, 0.2) is 52.0 Å². The van der Waals surface area contributed by atoms with Crippen LogP contribution in [0.3, 0.4) is 0 Å². The highest BCUT2D eigenvalue weighted by Gasteiger charge is 2.10. The van der Waals surface area contributed by atoms with E-state index in [0.717, 1.165) is 4.47 Å². The minimum atomic E-state index is -0.522. The molecule has 7 nitrogen and oxygen atoms in total. The Morgan fingerprint density at radius 1 is 1.08 bits per heavy atom. The van der Waals surface area contributed by atoms with Crippen molar-refractivity contribution in [2.24, 2.45) is 5.10 Å². The maximum Gasteiger partial charge on any atom is 0.249 e. The van der Waals surface area contributed by atoms with Crippen LogP contribution < -0.4 is 20.2 Å². The number of amides is 2. The van der Waals surface area contributed by atoms with Crippen molar-refractivity contribution in [3.05, 3.63) is 52.5 Å². The average Bonchev–Trinajstić information content (AvgIpc) is 2.63. The van der Waals surface area contributed by atoms with Crippen molar-refractivity contribution in [2.45, 2.75) is 6.42 Å². The van der Waals surface area contributed by atoms with Crippen LogP contribution in [0.25, 0.3) is 0 Å². The fourth-order valence-corrected chi connectivity index (χ4v) is 2.44. The lowest BCUT2D eigenvalue weighted by Crippen LogP contribution is -2.24. The molecule has 0 atom stereocenters. The average molecular weight is 420 g/mol. The quantitative estimate of drug-likeness (QED) is 0.410. The summed E-state index contributed by atoms with van der Waals surface area (Å²) in [6, 6.07) is 12.3. The lowest BCUT2D eigenvalue weighted by Gasteiger charge is -2.07. The number of hydrogen-bond donors (Lipinski definition) is 2. The van der Waals surface area contributed by atoms with Gasteiger partial charge in [-0.05, 0) is 51.8 Å². The van der Waals surface area contributed by atoms with Gasteiger partial charge in [0.2, 0.25) is 11.8 Å². The first-order valence-electron chi connectivity index (χ1n) is 7.61. The summed E-state index contributed by atoms with van der Waals surface area (Å²) in [5, 5.41) is 6.49. The molecule has 0 fully saturated rings. The Morgan fingerprint density at radius 3 is 2.50 bits per heavy atom. The highest BCUT2D eigenvalue weighted by Crippen LogP contribution is 2.26. The van der Waals surface area contributed by atoms with Gasteiger partial charge in [-0.2, -0.15) is 5.10 Å². The fraction of sp³-hybridized carbons (Fsp3) is 0.167. The van der Waals surface area contributed by atoms with Crippen LogP contribution in [-0.2, 0) is 9.59 Å². The lowest BCUT2D eigenvalue weighted by atomic mass is 10.2. The minimum absolute atomic E-state index is 0.343. The molecule has 2 aromatic rings. The molecule has 0 aromatic heterocycles. The van der Waals surface area contributed by atoms with Gasteiger partial charge < -0.3 is 14.8 Å². The van der Waals surface area contributed by atoms with Crippen molar-refractivity contribution in [2.75, 3.05) is 19.5 Å². The van der Waals surface area contributed by atoms with Gasteiger partial charge in [-0.25, -0.2) is 5.43 Å². The zero-order valence-electron chi connectivity index (χ0n) is 14.3. The van der Waals surface area contributed by atoms with E-state index in [1.165, 1.54) is 13.3 Å². The van der Waals surface area contributed by atoms with E-state index >= 15 is 0 Å². The van der Waals surface area contributed by atoms with Crippen molar-refractivity contribution in [3.63, 3.8) is 0 Å². The number of hydrogen-bond acceptors (Lipinski definition) is 5. The first-order valence-corrected chi connectivity index (χ1v) is 8.41. The van der Waals surface area contributed by atoms with E-state index in [9.17, 15) is 9.59 Å². The summed E-state index contributed by atoms with van der Waals surface area (Å²) in [4.78, 5) is 23.7. The summed E-state index contributed by atoms with van der Waals surface area (Å²) in [5.41, 5.74) is 3.62. The molecule has 0 radical (unpaired) electrons. The first-order chi connectivity index (χ1) is 12.5. The third-order valence-electron chi connectivity index (χ3n) is 3.28. The van der Waals surface area contributed by atoms with E-state index in [2.05, 4.69) is 31.8 Å². The van der Waals surface area contributed by atoms with Crippen LogP contribution in [0.4, 0.5) is 5.69 Å². The van der Waals surface area contributed by atoms with Crippen LogP contribution in [-0.4, -0.2) is 32.2 Å². The van der Waals surface area contributed by atoms with E-state index in [1.807, 2.05) is 6.07 Å². The molecule has 0 aliphatic carbocycles. The predicted octanol–water partition coefficient (Wildman–Crippen LogP) is 2.95. The Hall–Kier alpha value is -2.87. The highest BCUT2D eigenvalue weighted by atomic mass is 79.9. The summed E-state index contributed by atoms with van der Waals surface area (Å²) in [7, 11) is 3.08. The van der Waals surface area contributed by atoms with Gasteiger partial charge in [-0.15, -0.1) is 0 Å². The van der Waals surface area contributed by atoms with Gasteiger partial charge in [0.1, 0.15) is 6.42 Å². The maximum absolute atomic E-state index is 11.9. The Labute approximate surface area is 159 Å². The number of nitrogens with one attached hydrogen (secondary N) is 2. The van der Waals surface area contributed by atoms with Gasteiger partial charge >= 0.3 is 0 Å². The molecule has 0 aliphatic rings. The molecule has 26 heavy (non-hydrogen) atoms. The smallest absolute Gasteiger partial charge is 0.249 e. The number of halogens is 1. The molecule has 0 saturated carbocycles. The number of methoxy groups -OCH3 is 2. The summed E-state index contributed by atoms with van der Waals surface area (Å²) >= 11 is 3.32. The number of nitrogens with zero attached hydrogens (tertiary/aromatic N) is 1. The second-order valence-electron chi connectivity index (χ2n) is 5.11. The Kier molecular flexibility index (Phi) is 7.16. The molecule has 8 heteroatoms. The van der Waals surface area contributed by atoms with Crippen molar-refractivity contribution in [1.82, 2.24) is 5.43 Å². The Morgan fingerprint density at radius 2 is 1.81 bits per heavy atom. The van der Waals surface area contributed by atoms with Gasteiger partial charge in [0.05, 0.1) is 26.1 Å². The molecular weight excluding hydrogens is 402 g/mol. The molecule has 0 unspecified atom stereocenters. The normalized spacial score (nSPS) is 10.4. The molecule has 0 aliphatic heterocycles. The van der Waals surface area contributed by atoms with Crippen LogP contribution >= 0.6 is 15.9 Å². The molecule has 2 amide bonds. The third kappa shape index (κ3) is 5.59. The fourth-order valence-electron chi connectivity index (χ4n) is 2.05. The van der Waals surface area contributed by atoms with Crippen molar-refractivity contribution < 1.29 is 19.1 Å². The van der Waals surface area contributed by atoms with Crippen molar-refractivity contribution >= 4 is 39.6 Å². The van der Waals surface area contributed by atoms with Gasteiger partial charge in [-0.1, -0.05) is 12.1 Å². The molecule has 0 bridgehead atoms. The van der Waals surface area contributed by atoms with E-state index in [1.54, 1.807) is 43.5 Å². The highest BCUT2D eigenvalue weighted by molar-refractivity contribution is 9.10. The number of carbonyl (C=O) groups is 2. The Bertz CT molecular complexity index is 824. The number of rotatable bonds is 7. The number of benzene rings is 2. The second kappa shape index (κ2) is 9.57. The minimum Gasteiger partial charge on any atom is -0.493 e. The monoisotopic (exact) mass is 419 g/mol. The van der Waals surface area contributed by atoms with E-state index in [0.29, 0.717) is 22.7 Å². The number of ether oxygens (including phenoxy) is 2. The second-order valence-corrected chi connectivity index (χ2v) is 5.97. The molecule has 136 valence electrons. The van der Waals surface area contributed by atoms with Gasteiger partial charge in [-0.3, -0.25) is 9.59 Å². The molecule has 0 saturated heterocycles. The predicted molar refractivity (Wildman–Crippen MR) is 103 cm³/mol. The van der Waals surface area contributed by atoms with E-state index in [4.69, 9.17) is 9.47 Å². The van der Waals surface area contributed by atoms with Crippen molar-refractivity contribution in [3.8, 4) is 11.5 Å². The molecular formula is C18H18BrN3O4. The van der Waals surface area contributed by atoms with E-state index < -0.39 is 11.8 Å². The third-order valence-corrected chi connectivity index (χ3v) is 3.97. The topological polar surface area (TPSA) is 89.0 Å². The number of para-hydroxylation sites is 1. The van der Waals surface area contributed by atoms with Gasteiger partial charge in [0, 0.05) is 4.47 Å². The van der Waals surface area contributed by atoms with Crippen molar-refractivity contribution in [1.29, 1.82) is 0 Å². The summed E-state index contributed by atoms with van der Waals surface area (Å²) < 4.78 is 11.1. The zero-order chi connectivity index (χ0) is 18.9. The first kappa shape index (κ1) is 19.5. The maximum atomic E-state index is 11.9. The van der Waals surface area contributed by atoms with Crippen LogP contribution in [0, 0.1) is 0 Å². The SMILES string of the molecule is COc1ccc(C=NNC(=O)CC(=O)Nc2ccccc2Br)cc1OC. The largest absolute Gasteiger partial charge is 0.493 e.